The Morgan fingerprint density at radius 3 is 2.44 bits per heavy atom. The molecule has 2 amide bonds. The minimum atomic E-state index is -0.888. The zero-order valence-electron chi connectivity index (χ0n) is 18.6. The van der Waals surface area contributed by atoms with Crippen LogP contribution in [0.5, 0.6) is 0 Å². The number of nitrogens with zero attached hydrogens (tertiary/aromatic N) is 2. The van der Waals surface area contributed by atoms with E-state index in [-0.39, 0.29) is 30.7 Å². The fourth-order valence-electron chi connectivity index (χ4n) is 4.24. The Kier molecular flexibility index (Phi) is 7.17. The number of nitrogens with one attached hydrogen (secondary N) is 2. The maximum Gasteiger partial charge on any atom is 0.303 e. The molecular weight excluding hydrogens is 432 g/mol. The molecule has 8 nitrogen and oxygen atoms in total. The lowest BCUT2D eigenvalue weighted by molar-refractivity contribution is -0.137. The summed E-state index contributed by atoms with van der Waals surface area (Å²) in [7, 11) is 0. The summed E-state index contributed by atoms with van der Waals surface area (Å²) < 4.78 is 0. The van der Waals surface area contributed by atoms with Gasteiger partial charge in [0.2, 0.25) is 5.91 Å². The van der Waals surface area contributed by atoms with Gasteiger partial charge in [-0.3, -0.25) is 19.3 Å². The fraction of sp³-hybridized carbons (Fsp3) is 0.231. The molecule has 0 saturated heterocycles. The summed E-state index contributed by atoms with van der Waals surface area (Å²) in [5.74, 6) is -0.989. The minimum absolute atomic E-state index is 0.0225. The van der Waals surface area contributed by atoms with E-state index < -0.39 is 5.97 Å². The number of fused-ring (bicyclic) bond motifs is 2. The molecule has 1 aliphatic heterocycles. The Labute approximate surface area is 197 Å². The van der Waals surface area contributed by atoms with Gasteiger partial charge in [0.25, 0.3) is 5.91 Å². The molecule has 2 aromatic carbocycles. The van der Waals surface area contributed by atoms with Crippen molar-refractivity contribution in [1.29, 1.82) is 0 Å². The highest BCUT2D eigenvalue weighted by molar-refractivity contribution is 6.11. The van der Waals surface area contributed by atoms with E-state index in [2.05, 4.69) is 15.6 Å². The Balaban J connectivity index is 1.53. The molecule has 3 aromatic rings. The molecule has 0 bridgehead atoms. The third-order valence-corrected chi connectivity index (χ3v) is 5.78. The number of aromatic nitrogens is 1. The van der Waals surface area contributed by atoms with Crippen LogP contribution < -0.4 is 15.5 Å². The second kappa shape index (κ2) is 10.6. The molecule has 3 N–H and O–H groups in total. The van der Waals surface area contributed by atoms with Crippen LogP contribution in [-0.2, 0) is 9.59 Å². The summed E-state index contributed by atoms with van der Waals surface area (Å²) in [6.07, 6.45) is 2.02. The molecule has 1 aliphatic rings. The number of carboxylic acid groups (broad SMARTS) is 1. The first-order chi connectivity index (χ1) is 16.5. The van der Waals surface area contributed by atoms with E-state index in [4.69, 9.17) is 0 Å². The van der Waals surface area contributed by atoms with Crippen LogP contribution in [0.2, 0.25) is 0 Å². The van der Waals surface area contributed by atoms with Crippen LogP contribution in [0.4, 0.5) is 11.5 Å². The van der Waals surface area contributed by atoms with Crippen LogP contribution >= 0.6 is 0 Å². The predicted molar refractivity (Wildman–Crippen MR) is 129 cm³/mol. The minimum Gasteiger partial charge on any atom is -0.481 e. The van der Waals surface area contributed by atoms with Crippen molar-refractivity contribution in [3.05, 3.63) is 89.6 Å². The van der Waals surface area contributed by atoms with Gasteiger partial charge in [-0.2, -0.15) is 0 Å². The van der Waals surface area contributed by atoms with E-state index in [0.29, 0.717) is 30.8 Å². The summed E-state index contributed by atoms with van der Waals surface area (Å²) >= 11 is 0. The Morgan fingerprint density at radius 2 is 1.68 bits per heavy atom. The van der Waals surface area contributed by atoms with Crippen molar-refractivity contribution in [2.75, 3.05) is 29.9 Å². The summed E-state index contributed by atoms with van der Waals surface area (Å²) in [6.45, 7) is 0.726. The van der Waals surface area contributed by atoms with Crippen molar-refractivity contribution < 1.29 is 19.5 Å². The van der Waals surface area contributed by atoms with Crippen molar-refractivity contribution in [2.45, 2.75) is 18.8 Å². The van der Waals surface area contributed by atoms with Gasteiger partial charge >= 0.3 is 5.97 Å². The second-order valence-corrected chi connectivity index (χ2v) is 8.01. The molecular formula is C26H26N4O4. The van der Waals surface area contributed by atoms with Gasteiger partial charge in [-0.05, 0) is 41.8 Å². The molecule has 0 saturated carbocycles. The number of amides is 2. The number of aliphatic carboxylic acids is 1. The largest absolute Gasteiger partial charge is 0.481 e. The number of pyridine rings is 1. The molecule has 174 valence electrons. The van der Waals surface area contributed by atoms with Crippen molar-refractivity contribution in [3.63, 3.8) is 0 Å². The SMILES string of the molecule is O=C(O)CCC1c2ccccc2C(=O)N(CC(=O)NCCNc2ccccn2)c2ccccc21. The van der Waals surface area contributed by atoms with Crippen LogP contribution in [0.3, 0.4) is 0 Å². The molecule has 0 spiro atoms. The number of carboxylic acids is 1. The first-order valence-electron chi connectivity index (χ1n) is 11.2. The number of hydrogen-bond acceptors (Lipinski definition) is 5. The van der Waals surface area contributed by atoms with Crippen molar-refractivity contribution in [3.8, 4) is 0 Å². The first-order valence-corrected chi connectivity index (χ1v) is 11.2. The third kappa shape index (κ3) is 5.23. The number of rotatable bonds is 9. The van der Waals surface area contributed by atoms with E-state index in [9.17, 15) is 19.5 Å². The summed E-state index contributed by atoms with van der Waals surface area (Å²) in [4.78, 5) is 43.3. The number of benzene rings is 2. The average molecular weight is 459 g/mol. The van der Waals surface area contributed by atoms with Crippen LogP contribution in [-0.4, -0.2) is 47.5 Å². The van der Waals surface area contributed by atoms with Gasteiger partial charge in [0.1, 0.15) is 12.4 Å². The van der Waals surface area contributed by atoms with Crippen LogP contribution in [0.1, 0.15) is 40.2 Å². The quantitative estimate of drug-likeness (QED) is 0.425. The highest BCUT2D eigenvalue weighted by Gasteiger charge is 2.33. The topological polar surface area (TPSA) is 112 Å². The molecule has 4 rings (SSSR count). The monoisotopic (exact) mass is 458 g/mol. The lowest BCUT2D eigenvalue weighted by atomic mass is 9.85. The summed E-state index contributed by atoms with van der Waals surface area (Å²) in [5.41, 5.74) is 2.73. The standard InChI is InChI=1S/C26H26N4O4/c31-24(29-16-15-28-23-11-5-6-14-27-23)17-30-22-10-4-3-8-20(22)19(12-13-25(32)33)18-7-1-2-9-21(18)26(30)34/h1-11,14,19H,12-13,15-17H2,(H,27,28)(H,29,31)(H,32,33). The molecule has 0 aliphatic carbocycles. The van der Waals surface area contributed by atoms with Gasteiger partial charge < -0.3 is 15.7 Å². The zero-order valence-corrected chi connectivity index (χ0v) is 18.6. The number of para-hydroxylation sites is 1. The number of anilines is 2. The lowest BCUT2D eigenvalue weighted by Gasteiger charge is -2.24. The van der Waals surface area contributed by atoms with E-state index >= 15 is 0 Å². The van der Waals surface area contributed by atoms with Gasteiger partial charge in [0.05, 0.1) is 0 Å². The van der Waals surface area contributed by atoms with Gasteiger partial charge in [0.15, 0.2) is 0 Å². The molecule has 2 heterocycles. The van der Waals surface area contributed by atoms with Gasteiger partial charge in [-0.25, -0.2) is 4.98 Å². The van der Waals surface area contributed by atoms with Gasteiger partial charge in [-0.1, -0.05) is 42.5 Å². The second-order valence-electron chi connectivity index (χ2n) is 8.01. The van der Waals surface area contributed by atoms with Gasteiger partial charge in [-0.15, -0.1) is 0 Å². The third-order valence-electron chi connectivity index (χ3n) is 5.78. The number of hydrogen-bond donors (Lipinski definition) is 3. The maximum absolute atomic E-state index is 13.5. The van der Waals surface area contributed by atoms with Crippen molar-refractivity contribution >= 4 is 29.3 Å². The maximum atomic E-state index is 13.5. The molecule has 1 atom stereocenters. The van der Waals surface area contributed by atoms with Crippen molar-refractivity contribution in [2.24, 2.45) is 0 Å². The number of carbonyl (C=O) groups excluding carboxylic acids is 2. The lowest BCUT2D eigenvalue weighted by Crippen LogP contribution is -2.42. The Hall–Kier alpha value is -4.20. The molecule has 0 fully saturated rings. The predicted octanol–water partition coefficient (Wildman–Crippen LogP) is 3.27. The molecule has 34 heavy (non-hydrogen) atoms. The average Bonchev–Trinajstić information content (AvgIpc) is 2.95. The first kappa shape index (κ1) is 23.0. The van der Waals surface area contributed by atoms with Crippen LogP contribution in [0.15, 0.2) is 72.9 Å². The molecule has 1 unspecified atom stereocenters. The normalized spacial score (nSPS) is 14.5. The van der Waals surface area contributed by atoms with Crippen molar-refractivity contribution in [1.82, 2.24) is 10.3 Å². The summed E-state index contributed by atoms with van der Waals surface area (Å²) in [5, 5.41) is 15.2. The molecule has 1 aromatic heterocycles. The molecule has 0 radical (unpaired) electrons. The van der Waals surface area contributed by atoms with Crippen LogP contribution in [0, 0.1) is 0 Å². The Morgan fingerprint density at radius 1 is 0.941 bits per heavy atom. The Bertz CT molecular complexity index is 1180. The van der Waals surface area contributed by atoms with E-state index in [0.717, 1.165) is 16.9 Å². The van der Waals surface area contributed by atoms with E-state index in [1.54, 1.807) is 18.3 Å². The highest BCUT2D eigenvalue weighted by Crippen LogP contribution is 2.40. The van der Waals surface area contributed by atoms with Crippen LogP contribution in [0.25, 0.3) is 0 Å². The van der Waals surface area contributed by atoms with E-state index in [1.807, 2.05) is 54.6 Å². The van der Waals surface area contributed by atoms with E-state index in [1.165, 1.54) is 4.90 Å². The molecule has 8 heteroatoms. The van der Waals surface area contributed by atoms with Gasteiger partial charge in [0, 0.05) is 42.9 Å². The smallest absolute Gasteiger partial charge is 0.303 e. The zero-order chi connectivity index (χ0) is 23.9. The number of carbonyl (C=O) groups is 3. The highest BCUT2D eigenvalue weighted by atomic mass is 16.4. The fourth-order valence-corrected chi connectivity index (χ4v) is 4.24. The summed E-state index contributed by atoms with van der Waals surface area (Å²) in [6, 6.07) is 20.2.